The minimum Gasteiger partial charge on any atom is -0.484 e. The molecular formula is C16H26N2O3. The molecule has 1 N–H and O–H groups in total. The van der Waals surface area contributed by atoms with Crippen molar-refractivity contribution in [3.05, 3.63) is 29.8 Å². The summed E-state index contributed by atoms with van der Waals surface area (Å²) in [6, 6.07) is 7.78. The molecule has 0 fully saturated rings. The summed E-state index contributed by atoms with van der Waals surface area (Å²) in [5, 5.41) is 3.28. The predicted octanol–water partition coefficient (Wildman–Crippen LogP) is 1.67. The van der Waals surface area contributed by atoms with Crippen molar-refractivity contribution >= 4 is 5.91 Å². The summed E-state index contributed by atoms with van der Waals surface area (Å²) in [6.07, 6.45) is 0. The average Bonchev–Trinajstić information content (AvgIpc) is 2.52. The van der Waals surface area contributed by atoms with E-state index < -0.39 is 0 Å². The lowest BCUT2D eigenvalue weighted by Crippen LogP contribution is -2.34. The number of likely N-dealkylation sites (N-methyl/N-ethyl adjacent to an activating group) is 1. The number of methoxy groups -OCH3 is 1. The first kappa shape index (κ1) is 17.5. The lowest BCUT2D eigenvalue weighted by molar-refractivity contribution is -0.132. The molecule has 21 heavy (non-hydrogen) atoms. The second-order valence-corrected chi connectivity index (χ2v) is 4.67. The molecule has 0 bridgehead atoms. The number of carbonyl (C=O) groups is 1. The quantitative estimate of drug-likeness (QED) is 0.667. The number of rotatable bonds is 10. The number of carbonyl (C=O) groups excluding carboxylic acids is 1. The van der Waals surface area contributed by atoms with Crippen molar-refractivity contribution in [3.63, 3.8) is 0 Å². The topological polar surface area (TPSA) is 50.8 Å². The highest BCUT2D eigenvalue weighted by Crippen LogP contribution is 2.12. The molecule has 1 amide bonds. The first-order chi connectivity index (χ1) is 10.2. The molecule has 5 heteroatoms. The normalized spacial score (nSPS) is 10.4. The van der Waals surface area contributed by atoms with Crippen LogP contribution in [0, 0.1) is 0 Å². The zero-order chi connectivity index (χ0) is 15.5. The summed E-state index contributed by atoms with van der Waals surface area (Å²) in [5.41, 5.74) is 1.17. The van der Waals surface area contributed by atoms with Crippen LogP contribution >= 0.6 is 0 Å². The summed E-state index contributed by atoms with van der Waals surface area (Å²) >= 11 is 0. The van der Waals surface area contributed by atoms with Gasteiger partial charge in [0.15, 0.2) is 6.61 Å². The summed E-state index contributed by atoms with van der Waals surface area (Å²) in [7, 11) is 1.69. The van der Waals surface area contributed by atoms with Crippen LogP contribution in [0.4, 0.5) is 0 Å². The van der Waals surface area contributed by atoms with Gasteiger partial charge in [0, 0.05) is 33.3 Å². The Morgan fingerprint density at radius 1 is 1.19 bits per heavy atom. The predicted molar refractivity (Wildman–Crippen MR) is 83.4 cm³/mol. The van der Waals surface area contributed by atoms with Gasteiger partial charge >= 0.3 is 0 Å². The second-order valence-electron chi connectivity index (χ2n) is 4.67. The smallest absolute Gasteiger partial charge is 0.260 e. The van der Waals surface area contributed by atoms with Crippen molar-refractivity contribution in [2.24, 2.45) is 0 Å². The van der Waals surface area contributed by atoms with Crippen LogP contribution in [0.2, 0.25) is 0 Å². The summed E-state index contributed by atoms with van der Waals surface area (Å²) in [4.78, 5) is 13.6. The van der Waals surface area contributed by atoms with E-state index in [1.807, 2.05) is 38.1 Å². The molecule has 0 aliphatic carbocycles. The monoisotopic (exact) mass is 294 g/mol. The lowest BCUT2D eigenvalue weighted by atomic mass is 10.2. The Morgan fingerprint density at radius 2 is 1.86 bits per heavy atom. The largest absolute Gasteiger partial charge is 0.484 e. The van der Waals surface area contributed by atoms with E-state index in [-0.39, 0.29) is 12.5 Å². The summed E-state index contributed by atoms with van der Waals surface area (Å²) < 4.78 is 10.5. The maximum absolute atomic E-state index is 11.8. The summed E-state index contributed by atoms with van der Waals surface area (Å²) in [6.45, 7) is 7.77. The molecule has 0 heterocycles. The second kappa shape index (κ2) is 10.2. The van der Waals surface area contributed by atoms with Gasteiger partial charge in [-0.3, -0.25) is 4.79 Å². The van der Waals surface area contributed by atoms with E-state index in [1.54, 1.807) is 12.0 Å². The van der Waals surface area contributed by atoms with Gasteiger partial charge in [0.1, 0.15) is 5.75 Å². The number of nitrogens with one attached hydrogen (secondary N) is 1. The van der Waals surface area contributed by atoms with Crippen LogP contribution < -0.4 is 10.1 Å². The van der Waals surface area contributed by atoms with E-state index in [0.717, 1.165) is 18.8 Å². The molecule has 5 nitrogen and oxygen atoms in total. The van der Waals surface area contributed by atoms with Crippen molar-refractivity contribution in [1.29, 1.82) is 0 Å². The van der Waals surface area contributed by atoms with E-state index in [1.165, 1.54) is 5.56 Å². The number of hydrogen-bond donors (Lipinski definition) is 1. The zero-order valence-electron chi connectivity index (χ0n) is 13.2. The Kier molecular flexibility index (Phi) is 8.47. The summed E-state index contributed by atoms with van der Waals surface area (Å²) in [5.74, 6) is 0.737. The molecule has 1 aromatic rings. The van der Waals surface area contributed by atoms with Crippen molar-refractivity contribution < 1.29 is 14.3 Å². The number of benzene rings is 1. The van der Waals surface area contributed by atoms with Crippen LogP contribution in [0.1, 0.15) is 19.4 Å². The lowest BCUT2D eigenvalue weighted by Gasteiger charge is -2.18. The van der Waals surface area contributed by atoms with Gasteiger partial charge in [0.25, 0.3) is 5.91 Å². The van der Waals surface area contributed by atoms with Gasteiger partial charge < -0.3 is 19.7 Å². The van der Waals surface area contributed by atoms with Gasteiger partial charge in [0.05, 0.1) is 6.61 Å². The maximum Gasteiger partial charge on any atom is 0.260 e. The fourth-order valence-corrected chi connectivity index (χ4v) is 1.92. The standard InChI is InChI=1S/C16H26N2O3/c1-4-18(5-2)16(19)13-21-15-8-6-14(7-9-15)12-17-10-11-20-3/h6-9,17H,4-5,10-13H2,1-3H3. The van der Waals surface area contributed by atoms with Crippen LogP contribution in [0.5, 0.6) is 5.75 Å². The first-order valence-corrected chi connectivity index (χ1v) is 7.40. The number of nitrogens with zero attached hydrogens (tertiary/aromatic N) is 1. The zero-order valence-corrected chi connectivity index (χ0v) is 13.2. The SMILES string of the molecule is CCN(CC)C(=O)COc1ccc(CNCCOC)cc1. The van der Waals surface area contributed by atoms with Crippen molar-refractivity contribution in [2.45, 2.75) is 20.4 Å². The van der Waals surface area contributed by atoms with E-state index in [4.69, 9.17) is 9.47 Å². The average molecular weight is 294 g/mol. The molecule has 118 valence electrons. The first-order valence-electron chi connectivity index (χ1n) is 7.40. The molecule has 0 unspecified atom stereocenters. The van der Waals surface area contributed by atoms with E-state index >= 15 is 0 Å². The highest BCUT2D eigenvalue weighted by Gasteiger charge is 2.09. The Hall–Kier alpha value is -1.59. The highest BCUT2D eigenvalue weighted by atomic mass is 16.5. The van der Waals surface area contributed by atoms with Crippen LogP contribution in [-0.4, -0.2) is 50.8 Å². The Morgan fingerprint density at radius 3 is 2.43 bits per heavy atom. The van der Waals surface area contributed by atoms with Crippen molar-refractivity contribution in [1.82, 2.24) is 10.2 Å². The Labute approximate surface area is 127 Å². The van der Waals surface area contributed by atoms with Crippen LogP contribution in [0.3, 0.4) is 0 Å². The van der Waals surface area contributed by atoms with Crippen molar-refractivity contribution in [3.8, 4) is 5.75 Å². The van der Waals surface area contributed by atoms with Gasteiger partial charge in [-0.1, -0.05) is 12.1 Å². The van der Waals surface area contributed by atoms with Crippen LogP contribution in [0.25, 0.3) is 0 Å². The molecule has 0 aliphatic heterocycles. The van der Waals surface area contributed by atoms with Crippen LogP contribution in [-0.2, 0) is 16.1 Å². The van der Waals surface area contributed by atoms with E-state index in [9.17, 15) is 4.79 Å². The van der Waals surface area contributed by atoms with Crippen molar-refractivity contribution in [2.75, 3.05) is 40.0 Å². The fraction of sp³-hybridized carbons (Fsp3) is 0.562. The van der Waals surface area contributed by atoms with E-state index in [0.29, 0.717) is 19.7 Å². The molecular weight excluding hydrogens is 268 g/mol. The van der Waals surface area contributed by atoms with Gasteiger partial charge in [-0.25, -0.2) is 0 Å². The minimum atomic E-state index is 0.0188. The van der Waals surface area contributed by atoms with Gasteiger partial charge in [-0.2, -0.15) is 0 Å². The van der Waals surface area contributed by atoms with Gasteiger partial charge in [-0.15, -0.1) is 0 Å². The number of amides is 1. The molecule has 0 aromatic heterocycles. The molecule has 0 aliphatic rings. The molecule has 1 rings (SSSR count). The van der Waals surface area contributed by atoms with E-state index in [2.05, 4.69) is 5.32 Å². The maximum atomic E-state index is 11.8. The fourth-order valence-electron chi connectivity index (χ4n) is 1.92. The van der Waals surface area contributed by atoms with Crippen LogP contribution in [0.15, 0.2) is 24.3 Å². The number of hydrogen-bond acceptors (Lipinski definition) is 4. The molecule has 0 spiro atoms. The molecule has 0 atom stereocenters. The molecule has 1 aromatic carbocycles. The Balaban J connectivity index is 2.35. The molecule has 0 saturated carbocycles. The Bertz CT molecular complexity index is 402. The molecule has 0 saturated heterocycles. The van der Waals surface area contributed by atoms with Gasteiger partial charge in [-0.05, 0) is 31.5 Å². The van der Waals surface area contributed by atoms with Gasteiger partial charge in [0.2, 0.25) is 0 Å². The molecule has 0 radical (unpaired) electrons. The third-order valence-corrected chi connectivity index (χ3v) is 3.21. The third kappa shape index (κ3) is 6.60. The minimum absolute atomic E-state index is 0.0188. The third-order valence-electron chi connectivity index (χ3n) is 3.21. The highest BCUT2D eigenvalue weighted by molar-refractivity contribution is 5.77. The number of ether oxygens (including phenoxy) is 2.